The first kappa shape index (κ1) is 13.9. The van der Waals surface area contributed by atoms with Gasteiger partial charge >= 0.3 is 0 Å². The van der Waals surface area contributed by atoms with Crippen molar-refractivity contribution in [2.24, 2.45) is 5.41 Å². The highest BCUT2D eigenvalue weighted by Gasteiger charge is 2.43. The summed E-state index contributed by atoms with van der Waals surface area (Å²) >= 11 is 0. The minimum Gasteiger partial charge on any atom is -0.316 e. The second-order valence-corrected chi connectivity index (χ2v) is 6.07. The van der Waals surface area contributed by atoms with Crippen molar-refractivity contribution >= 4 is 12.4 Å². The third-order valence-corrected chi connectivity index (χ3v) is 4.87. The Bertz CT molecular complexity index is 429. The predicted octanol–water partition coefficient (Wildman–Crippen LogP) is 3.70. The van der Waals surface area contributed by atoms with Gasteiger partial charge in [0.1, 0.15) is 0 Å². The Morgan fingerprint density at radius 1 is 1.39 bits per heavy atom. The molecule has 0 aromatic heterocycles. The minimum atomic E-state index is 0. The highest BCUT2D eigenvalue weighted by molar-refractivity contribution is 5.85. The summed E-state index contributed by atoms with van der Waals surface area (Å²) in [6.07, 6.45) is 5.16. The zero-order valence-corrected chi connectivity index (χ0v) is 12.3. The second kappa shape index (κ2) is 5.22. The van der Waals surface area contributed by atoms with Crippen LogP contribution in [0.5, 0.6) is 0 Å². The monoisotopic (exact) mass is 265 g/mol. The van der Waals surface area contributed by atoms with E-state index in [9.17, 15) is 0 Å². The van der Waals surface area contributed by atoms with Gasteiger partial charge in [-0.2, -0.15) is 0 Å². The molecule has 0 bridgehead atoms. The van der Waals surface area contributed by atoms with Crippen LogP contribution in [0.25, 0.3) is 0 Å². The molecule has 0 radical (unpaired) electrons. The van der Waals surface area contributed by atoms with Crippen LogP contribution in [0, 0.1) is 5.41 Å². The van der Waals surface area contributed by atoms with Crippen LogP contribution in [0.3, 0.4) is 0 Å². The van der Waals surface area contributed by atoms with Crippen LogP contribution in [0.2, 0.25) is 0 Å². The molecule has 0 amide bonds. The fourth-order valence-corrected chi connectivity index (χ4v) is 3.82. The Labute approximate surface area is 117 Å². The summed E-state index contributed by atoms with van der Waals surface area (Å²) in [7, 11) is 0. The van der Waals surface area contributed by atoms with Crippen molar-refractivity contribution in [2.75, 3.05) is 13.1 Å². The second-order valence-electron chi connectivity index (χ2n) is 6.07. The smallest absolute Gasteiger partial charge is 0.00323 e. The van der Waals surface area contributed by atoms with E-state index in [1.54, 1.807) is 16.7 Å². The molecule has 0 saturated carbocycles. The average Bonchev–Trinajstić information content (AvgIpc) is 2.72. The molecule has 18 heavy (non-hydrogen) atoms. The quantitative estimate of drug-likeness (QED) is 0.860. The van der Waals surface area contributed by atoms with Gasteiger partial charge in [-0.05, 0) is 41.4 Å². The van der Waals surface area contributed by atoms with E-state index in [2.05, 4.69) is 37.4 Å². The first-order chi connectivity index (χ1) is 8.24. The Kier molecular flexibility index (Phi) is 4.03. The Morgan fingerprint density at radius 2 is 2.22 bits per heavy atom. The maximum absolute atomic E-state index is 3.60. The van der Waals surface area contributed by atoms with Crippen LogP contribution >= 0.6 is 12.4 Å². The van der Waals surface area contributed by atoms with Crippen LogP contribution in [0.4, 0.5) is 0 Å². The van der Waals surface area contributed by atoms with Crippen LogP contribution in [-0.2, 0) is 12.8 Å². The van der Waals surface area contributed by atoms with Crippen molar-refractivity contribution < 1.29 is 0 Å². The number of aryl methyl sites for hydroxylation is 1. The molecule has 1 aliphatic heterocycles. The van der Waals surface area contributed by atoms with E-state index < -0.39 is 0 Å². The molecule has 1 aromatic rings. The van der Waals surface area contributed by atoms with Crippen molar-refractivity contribution in [1.82, 2.24) is 5.32 Å². The van der Waals surface area contributed by atoms with Gasteiger partial charge in [0.15, 0.2) is 0 Å². The lowest BCUT2D eigenvalue weighted by atomic mass is 9.66. The van der Waals surface area contributed by atoms with Gasteiger partial charge < -0.3 is 5.32 Å². The summed E-state index contributed by atoms with van der Waals surface area (Å²) in [4.78, 5) is 0. The van der Waals surface area contributed by atoms with E-state index >= 15 is 0 Å². The number of rotatable bonds is 2. The van der Waals surface area contributed by atoms with Crippen molar-refractivity contribution in [3.8, 4) is 0 Å². The van der Waals surface area contributed by atoms with Crippen LogP contribution in [-0.4, -0.2) is 13.1 Å². The molecular weight excluding hydrogens is 242 g/mol. The van der Waals surface area contributed by atoms with E-state index in [1.807, 2.05) is 0 Å². The van der Waals surface area contributed by atoms with Crippen LogP contribution < -0.4 is 5.32 Å². The summed E-state index contributed by atoms with van der Waals surface area (Å²) in [5, 5.41) is 3.60. The number of benzene rings is 1. The molecule has 1 fully saturated rings. The lowest BCUT2D eigenvalue weighted by Crippen LogP contribution is -2.30. The summed E-state index contributed by atoms with van der Waals surface area (Å²) < 4.78 is 0. The van der Waals surface area contributed by atoms with Crippen molar-refractivity contribution in [3.63, 3.8) is 0 Å². The summed E-state index contributed by atoms with van der Waals surface area (Å²) in [6, 6.07) is 6.99. The number of halogens is 1. The molecule has 3 rings (SSSR count). The van der Waals surface area contributed by atoms with Gasteiger partial charge in [0, 0.05) is 19.0 Å². The van der Waals surface area contributed by atoms with E-state index in [1.165, 1.54) is 38.8 Å². The molecule has 2 heteroatoms. The molecule has 100 valence electrons. The SMILES string of the molecule is CCCc1cccc2c1CC[C@@]1(C)CNC[C@@H]21.Cl. The van der Waals surface area contributed by atoms with Gasteiger partial charge in [0.05, 0.1) is 0 Å². The highest BCUT2D eigenvalue weighted by atomic mass is 35.5. The van der Waals surface area contributed by atoms with Crippen LogP contribution in [0.15, 0.2) is 18.2 Å². The molecule has 2 atom stereocenters. The normalized spacial score (nSPS) is 29.3. The maximum Gasteiger partial charge on any atom is 0.00323 e. The first-order valence-corrected chi connectivity index (χ1v) is 7.06. The third kappa shape index (κ3) is 2.08. The predicted molar refractivity (Wildman–Crippen MR) is 79.7 cm³/mol. The third-order valence-electron chi connectivity index (χ3n) is 4.87. The average molecular weight is 266 g/mol. The Morgan fingerprint density at radius 3 is 3.00 bits per heavy atom. The van der Waals surface area contributed by atoms with Crippen LogP contribution in [0.1, 0.15) is 49.3 Å². The molecule has 1 heterocycles. The topological polar surface area (TPSA) is 12.0 Å². The summed E-state index contributed by atoms with van der Waals surface area (Å²) in [6.45, 7) is 7.13. The van der Waals surface area contributed by atoms with Gasteiger partial charge in [-0.25, -0.2) is 0 Å². The summed E-state index contributed by atoms with van der Waals surface area (Å²) in [5.41, 5.74) is 5.45. The number of fused-ring (bicyclic) bond motifs is 3. The number of hydrogen-bond acceptors (Lipinski definition) is 1. The largest absolute Gasteiger partial charge is 0.316 e. The van der Waals surface area contributed by atoms with Gasteiger partial charge in [-0.3, -0.25) is 0 Å². The molecule has 0 unspecified atom stereocenters. The molecule has 0 spiro atoms. The molecule has 1 N–H and O–H groups in total. The van der Waals surface area contributed by atoms with Gasteiger partial charge in [-0.1, -0.05) is 38.5 Å². The van der Waals surface area contributed by atoms with Crippen molar-refractivity contribution in [1.29, 1.82) is 0 Å². The number of hydrogen-bond donors (Lipinski definition) is 1. The fraction of sp³-hybridized carbons (Fsp3) is 0.625. The van der Waals surface area contributed by atoms with E-state index in [-0.39, 0.29) is 12.4 Å². The lowest BCUT2D eigenvalue weighted by molar-refractivity contribution is 0.277. The van der Waals surface area contributed by atoms with Crippen molar-refractivity contribution in [2.45, 2.75) is 45.4 Å². The zero-order valence-electron chi connectivity index (χ0n) is 11.5. The standard InChI is InChI=1S/C16H23N.ClH/c1-3-5-12-6-4-7-14-13(12)8-9-16(2)11-17-10-15(14)16;/h4,6-7,15,17H,3,5,8-11H2,1-2H3;1H/t15-,16-;/m0./s1. The number of nitrogens with one attached hydrogen (secondary N) is 1. The minimum absolute atomic E-state index is 0. The maximum atomic E-state index is 3.60. The molecule has 1 nitrogen and oxygen atoms in total. The lowest BCUT2D eigenvalue weighted by Gasteiger charge is -2.37. The Balaban J connectivity index is 0.00000120. The fourth-order valence-electron chi connectivity index (χ4n) is 3.82. The molecule has 1 aliphatic carbocycles. The van der Waals surface area contributed by atoms with Gasteiger partial charge in [-0.15, -0.1) is 12.4 Å². The van der Waals surface area contributed by atoms with Gasteiger partial charge in [0.2, 0.25) is 0 Å². The molecule has 1 saturated heterocycles. The molecule has 1 aromatic carbocycles. The van der Waals surface area contributed by atoms with E-state index in [0.717, 1.165) is 5.92 Å². The van der Waals surface area contributed by atoms with Gasteiger partial charge in [0.25, 0.3) is 0 Å². The zero-order chi connectivity index (χ0) is 11.9. The molecular formula is C16H24ClN. The highest BCUT2D eigenvalue weighted by Crippen LogP contribution is 2.48. The Hall–Kier alpha value is -0.530. The first-order valence-electron chi connectivity index (χ1n) is 7.06. The summed E-state index contributed by atoms with van der Waals surface area (Å²) in [5.74, 6) is 0.753. The van der Waals surface area contributed by atoms with E-state index in [4.69, 9.17) is 0 Å². The van der Waals surface area contributed by atoms with E-state index in [0.29, 0.717) is 5.41 Å². The molecule has 2 aliphatic rings. The van der Waals surface area contributed by atoms with Crippen molar-refractivity contribution in [3.05, 3.63) is 34.9 Å².